The van der Waals surface area contributed by atoms with E-state index in [0.717, 1.165) is 27.5 Å². The number of non-ortho nitro benzene ring substituents is 1. The van der Waals surface area contributed by atoms with Gasteiger partial charge in [-0.15, -0.1) is 11.8 Å². The van der Waals surface area contributed by atoms with Crippen molar-refractivity contribution in [3.8, 4) is 5.75 Å². The Balaban J connectivity index is 1.19. The van der Waals surface area contributed by atoms with Gasteiger partial charge in [0.25, 0.3) is 5.69 Å². The summed E-state index contributed by atoms with van der Waals surface area (Å²) in [5.74, 6) is -1.27. The average Bonchev–Trinajstić information content (AvgIpc) is 3.76. The molecule has 3 aromatic carbocycles. The van der Waals surface area contributed by atoms with E-state index in [1.807, 2.05) is 42.5 Å². The van der Waals surface area contributed by atoms with Crippen LogP contribution in [0.1, 0.15) is 28.3 Å². The fourth-order valence-corrected chi connectivity index (χ4v) is 11.0. The van der Waals surface area contributed by atoms with Crippen molar-refractivity contribution in [2.75, 3.05) is 4.90 Å². The summed E-state index contributed by atoms with van der Waals surface area (Å²) in [7, 11) is 0. The van der Waals surface area contributed by atoms with Crippen LogP contribution in [0.5, 0.6) is 5.75 Å². The fraction of sp³-hybridized carbons (Fsp3) is 0.281. The molecule has 222 valence electrons. The summed E-state index contributed by atoms with van der Waals surface area (Å²) in [6.07, 6.45) is 0.736. The molecular weight excluding hydrogens is 622 g/mol. The Kier molecular flexibility index (Phi) is 6.48. The standard InChI is InChI=1S/C32H24ClN3O6S2/c33-16-6-11-22(42-14-15-4-2-1-3-5-15)19(12-16)23-24-20-13-21(27(24)43-29-28(23)44-32(39)34-29)26-25(20)30(37)35(31(26)38)17-7-9-18(10-8-17)36(40)41/h1-12,20-21,23-27H,13-14H2,(H,34,39)/t20-,21-,23?,24?,25?,26?,27?/m1/s1. The van der Waals surface area contributed by atoms with E-state index in [1.165, 1.54) is 40.5 Å². The van der Waals surface area contributed by atoms with Crippen molar-refractivity contribution in [1.82, 2.24) is 4.98 Å². The van der Waals surface area contributed by atoms with Gasteiger partial charge in [0, 0.05) is 38.8 Å². The molecule has 3 heterocycles. The van der Waals surface area contributed by atoms with E-state index in [0.29, 0.717) is 23.1 Å². The lowest BCUT2D eigenvalue weighted by molar-refractivity contribution is -0.384. The highest BCUT2D eigenvalue weighted by atomic mass is 35.5. The third-order valence-corrected chi connectivity index (χ3v) is 12.4. The van der Waals surface area contributed by atoms with Crippen LogP contribution in [0.15, 0.2) is 82.6 Å². The minimum atomic E-state index is -0.509. The molecule has 12 heteroatoms. The highest BCUT2D eigenvalue weighted by Crippen LogP contribution is 2.69. The van der Waals surface area contributed by atoms with E-state index < -0.39 is 16.8 Å². The molecule has 0 spiro atoms. The number of nitro benzene ring substituents is 1. The largest absolute Gasteiger partial charge is 0.489 e. The van der Waals surface area contributed by atoms with Crippen LogP contribution in [0.4, 0.5) is 11.4 Å². The maximum atomic E-state index is 14.0. The van der Waals surface area contributed by atoms with Gasteiger partial charge in [0.15, 0.2) is 0 Å². The Morgan fingerprint density at radius 1 is 0.977 bits per heavy atom. The second-order valence-corrected chi connectivity index (χ2v) is 14.3. The minimum absolute atomic E-state index is 0.00137. The van der Waals surface area contributed by atoms with E-state index in [4.69, 9.17) is 16.3 Å². The monoisotopic (exact) mass is 645 g/mol. The van der Waals surface area contributed by atoms with E-state index in [-0.39, 0.29) is 51.3 Å². The first kappa shape index (κ1) is 27.6. The number of carbonyl (C=O) groups is 2. The number of amides is 2. The number of anilines is 1. The minimum Gasteiger partial charge on any atom is -0.489 e. The summed E-state index contributed by atoms with van der Waals surface area (Å²) < 4.78 is 6.38. The molecule has 4 aromatic rings. The highest BCUT2D eigenvalue weighted by molar-refractivity contribution is 8.00. The number of nitrogens with one attached hydrogen (secondary N) is 1. The van der Waals surface area contributed by atoms with Gasteiger partial charge in [0.05, 0.1) is 27.5 Å². The van der Waals surface area contributed by atoms with E-state index >= 15 is 0 Å². The van der Waals surface area contributed by atoms with E-state index in [9.17, 15) is 24.5 Å². The molecular formula is C32H24ClN3O6S2. The molecule has 2 bridgehead atoms. The maximum absolute atomic E-state index is 14.0. The van der Waals surface area contributed by atoms with Gasteiger partial charge in [-0.05, 0) is 60.1 Å². The van der Waals surface area contributed by atoms with Crippen molar-refractivity contribution >= 4 is 57.9 Å². The first-order chi connectivity index (χ1) is 21.3. The Bertz CT molecular complexity index is 1890. The molecule has 4 aliphatic rings. The number of imide groups is 1. The van der Waals surface area contributed by atoms with Crippen LogP contribution in [0.2, 0.25) is 5.02 Å². The van der Waals surface area contributed by atoms with Gasteiger partial charge in [0.1, 0.15) is 12.4 Å². The molecule has 2 saturated carbocycles. The number of hydrogen-bond acceptors (Lipinski definition) is 8. The Hall–Kier alpha value is -3.93. The first-order valence-corrected chi connectivity index (χ1v) is 16.4. The van der Waals surface area contributed by atoms with Gasteiger partial charge in [0.2, 0.25) is 11.8 Å². The third-order valence-electron chi connectivity index (χ3n) is 9.59. The number of thiazole rings is 1. The summed E-state index contributed by atoms with van der Waals surface area (Å²) in [6, 6.07) is 21.0. The van der Waals surface area contributed by atoms with Crippen LogP contribution >= 0.6 is 34.7 Å². The number of aromatic nitrogens is 1. The number of halogens is 1. The highest BCUT2D eigenvalue weighted by Gasteiger charge is 2.69. The average molecular weight is 646 g/mol. The summed E-state index contributed by atoms with van der Waals surface area (Å²) >= 11 is 9.37. The fourth-order valence-electron chi connectivity index (χ4n) is 7.97. The van der Waals surface area contributed by atoms with Gasteiger partial charge in [-0.1, -0.05) is 53.3 Å². The number of benzene rings is 3. The number of nitro groups is 1. The van der Waals surface area contributed by atoms with Crippen LogP contribution in [-0.2, 0) is 16.2 Å². The quantitative estimate of drug-likeness (QED) is 0.149. The molecule has 2 aliphatic carbocycles. The normalized spacial score (nSPS) is 28.1. The number of hydrogen-bond donors (Lipinski definition) is 1. The summed E-state index contributed by atoms with van der Waals surface area (Å²) in [6.45, 7) is 0.356. The molecule has 0 radical (unpaired) electrons. The number of H-pyrrole nitrogens is 1. The van der Waals surface area contributed by atoms with Gasteiger partial charge >= 0.3 is 4.87 Å². The molecule has 8 rings (SSSR count). The lowest BCUT2D eigenvalue weighted by Crippen LogP contribution is -2.42. The SMILES string of the molecule is O=C1C2C(C(=O)N1c1ccc([N+](=O)[O-])cc1)[C@@H]1C[C@H]2C2Sc3[nH]c(=O)sc3C(c3cc(Cl)ccc3OCc3ccccc3)C21. The van der Waals surface area contributed by atoms with Crippen LogP contribution in [0.3, 0.4) is 0 Å². The summed E-state index contributed by atoms with van der Waals surface area (Å²) in [4.78, 5) is 56.3. The Labute approximate surface area is 264 Å². The molecule has 9 nitrogen and oxygen atoms in total. The molecule has 2 amide bonds. The van der Waals surface area contributed by atoms with Crippen molar-refractivity contribution in [3.05, 3.63) is 114 Å². The molecule has 5 unspecified atom stereocenters. The number of thioether (sulfide) groups is 1. The van der Waals surface area contributed by atoms with Crippen LogP contribution < -0.4 is 14.5 Å². The number of nitrogens with zero attached hydrogens (tertiary/aromatic N) is 2. The maximum Gasteiger partial charge on any atom is 0.305 e. The van der Waals surface area contributed by atoms with Gasteiger partial charge in [-0.2, -0.15) is 0 Å². The first-order valence-electron chi connectivity index (χ1n) is 14.3. The smallest absolute Gasteiger partial charge is 0.305 e. The van der Waals surface area contributed by atoms with Crippen molar-refractivity contribution in [1.29, 1.82) is 0 Å². The predicted octanol–water partition coefficient (Wildman–Crippen LogP) is 6.25. The summed E-state index contributed by atoms with van der Waals surface area (Å²) in [5, 5.41) is 12.5. The second-order valence-electron chi connectivity index (χ2n) is 11.7. The Morgan fingerprint density at radius 2 is 1.70 bits per heavy atom. The zero-order valence-electron chi connectivity index (χ0n) is 22.9. The molecule has 2 aliphatic heterocycles. The topological polar surface area (TPSA) is 123 Å². The van der Waals surface area contributed by atoms with Gasteiger partial charge in [-0.3, -0.25) is 29.4 Å². The number of fused-ring (bicyclic) bond motifs is 9. The summed E-state index contributed by atoms with van der Waals surface area (Å²) in [5.41, 5.74) is 2.13. The lowest BCUT2D eigenvalue weighted by Gasteiger charge is -2.43. The lowest BCUT2D eigenvalue weighted by atomic mass is 9.68. The Morgan fingerprint density at radius 3 is 2.43 bits per heavy atom. The van der Waals surface area contributed by atoms with Crippen molar-refractivity contribution in [3.63, 3.8) is 0 Å². The van der Waals surface area contributed by atoms with Crippen molar-refractivity contribution in [2.45, 2.75) is 29.2 Å². The third kappa shape index (κ3) is 4.17. The number of aromatic amines is 1. The molecule has 1 saturated heterocycles. The number of rotatable bonds is 6. The number of ether oxygens (including phenoxy) is 1. The van der Waals surface area contributed by atoms with Gasteiger partial charge in [-0.25, -0.2) is 0 Å². The number of carbonyl (C=O) groups excluding carboxylic acids is 2. The molecule has 1 N–H and O–H groups in total. The zero-order valence-corrected chi connectivity index (χ0v) is 25.3. The van der Waals surface area contributed by atoms with Crippen LogP contribution in [-0.4, -0.2) is 27.0 Å². The molecule has 3 fully saturated rings. The predicted molar refractivity (Wildman–Crippen MR) is 166 cm³/mol. The zero-order chi connectivity index (χ0) is 30.3. The van der Waals surface area contributed by atoms with E-state index in [2.05, 4.69) is 4.98 Å². The molecule has 1 aromatic heterocycles. The van der Waals surface area contributed by atoms with Crippen LogP contribution in [0, 0.1) is 39.7 Å². The van der Waals surface area contributed by atoms with Gasteiger partial charge < -0.3 is 9.72 Å². The second kappa shape index (κ2) is 10.3. The molecule has 7 atom stereocenters. The molecule has 44 heavy (non-hydrogen) atoms. The van der Waals surface area contributed by atoms with Crippen molar-refractivity contribution in [2.24, 2.45) is 29.6 Å². The van der Waals surface area contributed by atoms with E-state index in [1.54, 1.807) is 17.8 Å². The van der Waals surface area contributed by atoms with Crippen molar-refractivity contribution < 1.29 is 19.2 Å². The van der Waals surface area contributed by atoms with Crippen LogP contribution in [0.25, 0.3) is 0 Å².